The Labute approximate surface area is 149 Å². The lowest BCUT2D eigenvalue weighted by atomic mass is 10.1. The Morgan fingerprint density at radius 2 is 1.88 bits per heavy atom. The number of hydrogen-bond donors (Lipinski definition) is 2. The number of likely N-dealkylation sites (tertiary alicyclic amines) is 1. The number of nitrogens with zero attached hydrogens (tertiary/aromatic N) is 1. The molecule has 1 aromatic carbocycles. The third kappa shape index (κ3) is 5.05. The monoisotopic (exact) mass is 344 g/mol. The summed E-state index contributed by atoms with van der Waals surface area (Å²) in [6.07, 6.45) is 5.00. The standard InChI is InChI=1S/C20H28N2O3/c1-14-4-2-3-5-16(14)10-19(23)21-12-18-9-8-17(11-20(24)25)22(18)13-15-6-7-15/h2-5,15,17-18H,6-13H2,1H3,(H,21,23)(H,24,25)/t17-,18+/m1/s1. The van der Waals surface area contributed by atoms with E-state index in [1.165, 1.54) is 12.8 Å². The highest BCUT2D eigenvalue weighted by molar-refractivity contribution is 5.78. The minimum Gasteiger partial charge on any atom is -0.481 e. The van der Waals surface area contributed by atoms with Crippen LogP contribution in [0, 0.1) is 12.8 Å². The Bertz CT molecular complexity index is 627. The SMILES string of the molecule is Cc1ccccc1CC(=O)NC[C@@H]1CC[C@H](CC(=O)O)N1CC1CC1. The number of carbonyl (C=O) groups excluding carboxylic acids is 1. The van der Waals surface area contributed by atoms with Crippen molar-refractivity contribution >= 4 is 11.9 Å². The maximum atomic E-state index is 12.3. The summed E-state index contributed by atoms with van der Waals surface area (Å²) in [5, 5.41) is 12.2. The van der Waals surface area contributed by atoms with Crippen LogP contribution in [0.15, 0.2) is 24.3 Å². The predicted molar refractivity (Wildman–Crippen MR) is 96.4 cm³/mol. The summed E-state index contributed by atoms with van der Waals surface area (Å²) in [6, 6.07) is 8.34. The number of amides is 1. The quantitative estimate of drug-likeness (QED) is 0.760. The number of rotatable bonds is 8. The van der Waals surface area contributed by atoms with Gasteiger partial charge in [0.1, 0.15) is 0 Å². The van der Waals surface area contributed by atoms with Crippen molar-refractivity contribution in [3.8, 4) is 0 Å². The first-order chi connectivity index (χ1) is 12.0. The number of carbonyl (C=O) groups is 2. The first kappa shape index (κ1) is 17.9. The van der Waals surface area contributed by atoms with Crippen molar-refractivity contribution in [3.63, 3.8) is 0 Å². The third-order valence-electron chi connectivity index (χ3n) is 5.49. The number of carboxylic acids is 1. The van der Waals surface area contributed by atoms with Gasteiger partial charge in [0.15, 0.2) is 0 Å². The van der Waals surface area contributed by atoms with Crippen LogP contribution in [0.5, 0.6) is 0 Å². The summed E-state index contributed by atoms with van der Waals surface area (Å²) in [5.74, 6) is 0.0388. The summed E-state index contributed by atoms with van der Waals surface area (Å²) in [7, 11) is 0. The van der Waals surface area contributed by atoms with Gasteiger partial charge in [-0.15, -0.1) is 0 Å². The molecule has 3 rings (SSSR count). The smallest absolute Gasteiger partial charge is 0.304 e. The first-order valence-corrected chi connectivity index (χ1v) is 9.31. The first-order valence-electron chi connectivity index (χ1n) is 9.31. The Kier molecular flexibility index (Phi) is 5.74. The molecule has 1 aliphatic carbocycles. The van der Waals surface area contributed by atoms with Gasteiger partial charge < -0.3 is 10.4 Å². The third-order valence-corrected chi connectivity index (χ3v) is 5.49. The molecule has 2 fully saturated rings. The number of nitrogens with one attached hydrogen (secondary N) is 1. The second-order valence-corrected chi connectivity index (χ2v) is 7.53. The molecule has 0 radical (unpaired) electrons. The molecule has 1 saturated carbocycles. The molecule has 0 unspecified atom stereocenters. The van der Waals surface area contributed by atoms with E-state index in [0.29, 0.717) is 13.0 Å². The summed E-state index contributed by atoms with van der Waals surface area (Å²) < 4.78 is 0. The average molecular weight is 344 g/mol. The average Bonchev–Trinajstić information content (AvgIpc) is 3.31. The Balaban J connectivity index is 1.52. The Morgan fingerprint density at radius 1 is 1.16 bits per heavy atom. The summed E-state index contributed by atoms with van der Waals surface area (Å²) in [6.45, 7) is 3.62. The highest BCUT2D eigenvalue weighted by Gasteiger charge is 2.37. The van der Waals surface area contributed by atoms with Crippen LogP contribution in [0.3, 0.4) is 0 Å². The molecule has 1 heterocycles. The normalized spacial score (nSPS) is 23.6. The van der Waals surface area contributed by atoms with Gasteiger partial charge in [0.25, 0.3) is 0 Å². The minimum absolute atomic E-state index is 0.0438. The van der Waals surface area contributed by atoms with Gasteiger partial charge in [-0.1, -0.05) is 24.3 Å². The van der Waals surface area contributed by atoms with Gasteiger partial charge >= 0.3 is 5.97 Å². The molecule has 0 aromatic heterocycles. The predicted octanol–water partition coefficient (Wildman–Crippen LogP) is 2.37. The molecule has 2 aliphatic rings. The zero-order chi connectivity index (χ0) is 17.8. The van der Waals surface area contributed by atoms with Crippen molar-refractivity contribution in [2.24, 2.45) is 5.92 Å². The van der Waals surface area contributed by atoms with Crippen LogP contribution in [-0.2, 0) is 16.0 Å². The lowest BCUT2D eigenvalue weighted by molar-refractivity contribution is -0.138. The fourth-order valence-corrected chi connectivity index (χ4v) is 3.83. The van der Waals surface area contributed by atoms with E-state index in [2.05, 4.69) is 10.2 Å². The van der Waals surface area contributed by atoms with Crippen LogP contribution in [-0.4, -0.2) is 47.1 Å². The lowest BCUT2D eigenvalue weighted by Crippen LogP contribution is -2.45. The van der Waals surface area contributed by atoms with Crippen molar-refractivity contribution in [3.05, 3.63) is 35.4 Å². The van der Waals surface area contributed by atoms with Crippen LogP contribution in [0.4, 0.5) is 0 Å². The molecule has 136 valence electrons. The second-order valence-electron chi connectivity index (χ2n) is 7.53. The van der Waals surface area contributed by atoms with Crippen LogP contribution < -0.4 is 5.32 Å². The zero-order valence-corrected chi connectivity index (χ0v) is 14.9. The van der Waals surface area contributed by atoms with Crippen molar-refractivity contribution in [1.29, 1.82) is 0 Å². The van der Waals surface area contributed by atoms with Gasteiger partial charge in [0.2, 0.25) is 5.91 Å². The van der Waals surface area contributed by atoms with Gasteiger partial charge in [0.05, 0.1) is 12.8 Å². The fraction of sp³-hybridized carbons (Fsp3) is 0.600. The van der Waals surface area contributed by atoms with Crippen LogP contribution in [0.1, 0.15) is 43.2 Å². The number of hydrogen-bond acceptors (Lipinski definition) is 3. The van der Waals surface area contributed by atoms with E-state index in [1.807, 2.05) is 31.2 Å². The zero-order valence-electron chi connectivity index (χ0n) is 14.9. The Morgan fingerprint density at radius 3 is 2.56 bits per heavy atom. The molecule has 2 N–H and O–H groups in total. The van der Waals surface area contributed by atoms with Gasteiger partial charge in [-0.05, 0) is 49.7 Å². The molecule has 1 amide bonds. The molecular formula is C20H28N2O3. The van der Waals surface area contributed by atoms with Crippen LogP contribution in [0.25, 0.3) is 0 Å². The van der Waals surface area contributed by atoms with E-state index in [9.17, 15) is 9.59 Å². The van der Waals surface area contributed by atoms with E-state index in [4.69, 9.17) is 5.11 Å². The number of aryl methyl sites for hydroxylation is 1. The number of benzene rings is 1. The van der Waals surface area contributed by atoms with E-state index in [-0.39, 0.29) is 24.4 Å². The summed E-state index contributed by atoms with van der Waals surface area (Å²) in [4.78, 5) is 25.8. The maximum absolute atomic E-state index is 12.3. The van der Waals surface area contributed by atoms with Crippen molar-refractivity contribution in [2.45, 2.75) is 57.5 Å². The number of carboxylic acid groups (broad SMARTS) is 1. The van der Waals surface area contributed by atoms with E-state index < -0.39 is 5.97 Å². The van der Waals surface area contributed by atoms with E-state index in [1.54, 1.807) is 0 Å². The highest BCUT2D eigenvalue weighted by Crippen LogP contribution is 2.35. The minimum atomic E-state index is -0.727. The lowest BCUT2D eigenvalue weighted by Gasteiger charge is -2.29. The van der Waals surface area contributed by atoms with Crippen LogP contribution in [0.2, 0.25) is 0 Å². The topological polar surface area (TPSA) is 69.6 Å². The molecule has 25 heavy (non-hydrogen) atoms. The fourth-order valence-electron chi connectivity index (χ4n) is 3.83. The van der Waals surface area contributed by atoms with Gasteiger partial charge in [-0.3, -0.25) is 14.5 Å². The van der Waals surface area contributed by atoms with Crippen LogP contribution >= 0.6 is 0 Å². The molecule has 1 aliphatic heterocycles. The van der Waals surface area contributed by atoms with E-state index >= 15 is 0 Å². The molecule has 5 nitrogen and oxygen atoms in total. The molecule has 0 spiro atoms. The summed E-state index contributed by atoms with van der Waals surface area (Å²) >= 11 is 0. The summed E-state index contributed by atoms with van der Waals surface area (Å²) in [5.41, 5.74) is 2.19. The molecule has 5 heteroatoms. The molecule has 1 aromatic rings. The maximum Gasteiger partial charge on any atom is 0.304 e. The molecule has 2 atom stereocenters. The highest BCUT2D eigenvalue weighted by atomic mass is 16.4. The van der Waals surface area contributed by atoms with Crippen molar-refractivity contribution in [2.75, 3.05) is 13.1 Å². The Hall–Kier alpha value is -1.88. The van der Waals surface area contributed by atoms with Crippen molar-refractivity contribution in [1.82, 2.24) is 10.2 Å². The second kappa shape index (κ2) is 8.00. The van der Waals surface area contributed by atoms with Gasteiger partial charge in [-0.25, -0.2) is 0 Å². The van der Waals surface area contributed by atoms with Gasteiger partial charge in [-0.2, -0.15) is 0 Å². The number of aliphatic carboxylic acids is 1. The largest absolute Gasteiger partial charge is 0.481 e. The molecule has 0 bridgehead atoms. The van der Waals surface area contributed by atoms with Gasteiger partial charge in [0, 0.05) is 25.2 Å². The van der Waals surface area contributed by atoms with E-state index in [0.717, 1.165) is 36.4 Å². The molecule has 1 saturated heterocycles. The molecular weight excluding hydrogens is 316 g/mol. The van der Waals surface area contributed by atoms with Crippen molar-refractivity contribution < 1.29 is 14.7 Å².